The lowest BCUT2D eigenvalue weighted by Gasteiger charge is -2.41. The molecule has 7 nitrogen and oxygen atoms in total. The van der Waals surface area contributed by atoms with E-state index >= 15 is 0 Å². The summed E-state index contributed by atoms with van der Waals surface area (Å²) in [6.07, 6.45) is -10.7. The zero-order chi connectivity index (χ0) is 40.1. The van der Waals surface area contributed by atoms with Gasteiger partial charge in [-0.2, -0.15) is 74.6 Å². The van der Waals surface area contributed by atoms with Crippen molar-refractivity contribution in [3.63, 3.8) is 0 Å². The first-order chi connectivity index (χ1) is 21.8. The van der Waals surface area contributed by atoms with Gasteiger partial charge < -0.3 is 14.2 Å². The summed E-state index contributed by atoms with van der Waals surface area (Å²) in [5.74, 6) is -56.9. The van der Waals surface area contributed by atoms with Crippen LogP contribution in [0.5, 0.6) is 5.75 Å². The Morgan fingerprint density at radius 3 is 1.38 bits per heavy atom. The molecular weight excluding hydrogens is 767 g/mol. The van der Waals surface area contributed by atoms with Gasteiger partial charge in [-0.25, -0.2) is 9.59 Å². The molecule has 2 N–H and O–H groups in total. The predicted octanol–water partition coefficient (Wildman–Crippen LogP) is 10.9. The fourth-order valence-electron chi connectivity index (χ4n) is 3.04. The third-order valence-corrected chi connectivity index (χ3v) is 5.69. The Bertz CT molecular complexity index is 1480. The van der Waals surface area contributed by atoms with E-state index in [9.17, 15) is 84.2 Å². The van der Waals surface area contributed by atoms with Crippen LogP contribution in [-0.4, -0.2) is 65.1 Å². The summed E-state index contributed by atoms with van der Waals surface area (Å²) in [6.45, 7) is 7.97. The van der Waals surface area contributed by atoms with E-state index in [-0.39, 0.29) is 6.07 Å². The molecule has 0 unspecified atom stereocenters. The fraction of sp³-hybridized carbons (Fsp3) is 0.600. The van der Waals surface area contributed by atoms with Gasteiger partial charge in [0.15, 0.2) is 5.75 Å². The standard InChI is InChI=1S/C25H22ClF17N2O5/c1-17(2,3)49-15(46)44-9-7-10(45-16(47)50-18(4,5)6)12(26)11(8-9)48-14(28)13(27)19(29,30)20(31,32)21(33,34)22(35,36)23(37,38)24(39,40)25(41,42)43/h7-8H,1-6H3,(H,44,46)(H,45,47). The number of ether oxygens (including phenoxy) is 3. The molecule has 0 fully saturated rings. The van der Waals surface area contributed by atoms with Crippen LogP contribution in [-0.2, 0) is 9.47 Å². The number of rotatable bonds is 10. The van der Waals surface area contributed by atoms with Gasteiger partial charge in [0.2, 0.25) is 5.83 Å². The molecule has 1 rings (SSSR count). The molecule has 1 aromatic carbocycles. The quantitative estimate of drug-likeness (QED) is 0.182. The lowest BCUT2D eigenvalue weighted by atomic mass is 9.91. The van der Waals surface area contributed by atoms with Crippen LogP contribution in [0.15, 0.2) is 24.0 Å². The SMILES string of the molecule is CC(C)(C)OC(=O)Nc1cc(NC(=O)OC(C)(C)C)c(Cl)c(OC(F)=C(F)C(F)(F)C(F)(F)C(F)(F)C(F)(F)C(F)(F)C(F)(F)C(F)(F)F)c1. The van der Waals surface area contributed by atoms with Crippen molar-refractivity contribution in [2.24, 2.45) is 0 Å². The first-order valence-electron chi connectivity index (χ1n) is 12.7. The second-order valence-electron chi connectivity index (χ2n) is 11.7. The highest BCUT2D eigenvalue weighted by atomic mass is 35.5. The van der Waals surface area contributed by atoms with Crippen molar-refractivity contribution >= 4 is 35.2 Å². The molecular formula is C25H22ClF17N2O5. The lowest BCUT2D eigenvalue weighted by molar-refractivity contribution is -0.451. The maximum atomic E-state index is 14.5. The third-order valence-electron chi connectivity index (χ3n) is 5.30. The summed E-state index contributed by atoms with van der Waals surface area (Å²) in [5.41, 5.74) is -4.10. The van der Waals surface area contributed by atoms with Gasteiger partial charge in [-0.1, -0.05) is 11.6 Å². The number of anilines is 2. The van der Waals surface area contributed by atoms with Crippen molar-refractivity contribution in [3.8, 4) is 5.75 Å². The number of halogens is 18. The van der Waals surface area contributed by atoms with E-state index in [0.717, 1.165) is 0 Å². The number of allylic oxidation sites excluding steroid dienone is 1. The molecule has 0 aliphatic carbocycles. The average Bonchev–Trinajstić information content (AvgIpc) is 2.87. The average molecular weight is 789 g/mol. The molecule has 0 spiro atoms. The maximum Gasteiger partial charge on any atom is 0.460 e. The zero-order valence-electron chi connectivity index (χ0n) is 25.5. The number of carbonyl (C=O) groups is 2. The lowest BCUT2D eigenvalue weighted by Crippen LogP contribution is -2.72. The van der Waals surface area contributed by atoms with E-state index < -0.39 is 99.1 Å². The zero-order valence-corrected chi connectivity index (χ0v) is 26.3. The van der Waals surface area contributed by atoms with E-state index in [4.69, 9.17) is 21.1 Å². The number of hydrogen-bond acceptors (Lipinski definition) is 5. The fourth-order valence-corrected chi connectivity index (χ4v) is 3.23. The topological polar surface area (TPSA) is 85.9 Å². The molecule has 0 aliphatic rings. The van der Waals surface area contributed by atoms with Crippen LogP contribution in [0, 0.1) is 0 Å². The first kappa shape index (κ1) is 44.4. The summed E-state index contributed by atoms with van der Waals surface area (Å²) in [7, 11) is 0. The Balaban J connectivity index is 3.80. The normalized spacial score (nSPS) is 14.9. The van der Waals surface area contributed by atoms with Crippen LogP contribution in [0.4, 0.5) is 95.6 Å². The van der Waals surface area contributed by atoms with Gasteiger partial charge in [0, 0.05) is 11.8 Å². The van der Waals surface area contributed by atoms with Gasteiger partial charge in [0.05, 0.1) is 5.69 Å². The molecule has 1 aromatic rings. The van der Waals surface area contributed by atoms with Crippen molar-refractivity contribution in [2.45, 2.75) is 94.5 Å². The number of carbonyl (C=O) groups excluding carboxylic acids is 2. The summed E-state index contributed by atoms with van der Waals surface area (Å²) >= 11 is 5.80. The highest BCUT2D eigenvalue weighted by Crippen LogP contribution is 2.63. The molecule has 0 atom stereocenters. The van der Waals surface area contributed by atoms with Crippen LogP contribution in [0.25, 0.3) is 0 Å². The summed E-state index contributed by atoms with van der Waals surface area (Å²) in [5, 5.41) is 2.48. The van der Waals surface area contributed by atoms with E-state index in [1.807, 2.05) is 10.6 Å². The van der Waals surface area contributed by atoms with E-state index in [1.165, 1.54) is 41.5 Å². The van der Waals surface area contributed by atoms with Crippen LogP contribution in [0.1, 0.15) is 41.5 Å². The van der Waals surface area contributed by atoms with Crippen LogP contribution < -0.4 is 15.4 Å². The highest BCUT2D eigenvalue weighted by molar-refractivity contribution is 6.35. The van der Waals surface area contributed by atoms with Crippen molar-refractivity contribution in [1.29, 1.82) is 0 Å². The summed E-state index contributed by atoms with van der Waals surface area (Å²) in [4.78, 5) is 24.3. The van der Waals surface area contributed by atoms with Gasteiger partial charge in [-0.05, 0) is 47.6 Å². The maximum absolute atomic E-state index is 14.5. The molecule has 0 aliphatic heterocycles. The monoisotopic (exact) mass is 788 g/mol. The van der Waals surface area contributed by atoms with Crippen molar-refractivity contribution in [2.75, 3.05) is 10.6 Å². The third kappa shape index (κ3) is 8.64. The highest BCUT2D eigenvalue weighted by Gasteiger charge is 2.94. The minimum absolute atomic E-state index is 0.234. The van der Waals surface area contributed by atoms with Gasteiger partial charge in [0.1, 0.15) is 16.2 Å². The predicted molar refractivity (Wildman–Crippen MR) is 137 cm³/mol. The molecule has 0 heterocycles. The molecule has 0 radical (unpaired) electrons. The van der Waals surface area contributed by atoms with Gasteiger partial charge >= 0.3 is 59.9 Å². The Morgan fingerprint density at radius 1 is 0.600 bits per heavy atom. The molecule has 0 saturated carbocycles. The smallest absolute Gasteiger partial charge is 0.444 e. The Morgan fingerprint density at radius 2 is 0.980 bits per heavy atom. The Kier molecular flexibility index (Phi) is 12.0. The van der Waals surface area contributed by atoms with Gasteiger partial charge in [-0.3, -0.25) is 10.6 Å². The van der Waals surface area contributed by atoms with Crippen molar-refractivity contribution < 1.29 is 98.4 Å². The Labute approximate surface area is 274 Å². The van der Waals surface area contributed by atoms with Crippen LogP contribution in [0.3, 0.4) is 0 Å². The van der Waals surface area contributed by atoms with Gasteiger partial charge in [0.25, 0.3) is 0 Å². The minimum Gasteiger partial charge on any atom is -0.444 e. The summed E-state index contributed by atoms with van der Waals surface area (Å²) in [6, 6.07) is -2.91. The van der Waals surface area contributed by atoms with Crippen molar-refractivity contribution in [3.05, 3.63) is 29.0 Å². The molecule has 0 bridgehead atoms. The number of alkyl halides is 15. The van der Waals surface area contributed by atoms with E-state index in [1.54, 1.807) is 0 Å². The van der Waals surface area contributed by atoms with Gasteiger partial charge in [-0.15, -0.1) is 0 Å². The minimum atomic E-state index is -8.77. The number of amides is 2. The number of nitrogens with one attached hydrogen (secondary N) is 2. The van der Waals surface area contributed by atoms with Crippen LogP contribution in [0.2, 0.25) is 5.02 Å². The largest absolute Gasteiger partial charge is 0.460 e. The molecule has 50 heavy (non-hydrogen) atoms. The number of benzene rings is 1. The molecule has 0 aromatic heterocycles. The second-order valence-corrected chi connectivity index (χ2v) is 12.1. The van der Waals surface area contributed by atoms with E-state index in [0.29, 0.717) is 6.07 Å². The Hall–Kier alpha value is -3.60. The van der Waals surface area contributed by atoms with E-state index in [2.05, 4.69) is 4.74 Å². The first-order valence-corrected chi connectivity index (χ1v) is 13.1. The van der Waals surface area contributed by atoms with Crippen LogP contribution >= 0.6 is 11.6 Å². The number of hydrogen-bond donors (Lipinski definition) is 2. The molecule has 288 valence electrons. The molecule has 0 saturated heterocycles. The molecule has 25 heteroatoms. The molecule has 2 amide bonds. The second kappa shape index (κ2) is 13.5. The van der Waals surface area contributed by atoms with Crippen molar-refractivity contribution in [1.82, 2.24) is 0 Å². The summed E-state index contributed by atoms with van der Waals surface area (Å²) < 4.78 is 244.